The molecule has 1 amide bonds. The van der Waals surface area contributed by atoms with Gasteiger partial charge in [-0.2, -0.15) is 0 Å². The van der Waals surface area contributed by atoms with Crippen molar-refractivity contribution in [1.29, 1.82) is 0 Å². The van der Waals surface area contributed by atoms with E-state index in [4.69, 9.17) is 0 Å². The molecule has 0 saturated heterocycles. The van der Waals surface area contributed by atoms with E-state index in [1.165, 1.54) is 6.42 Å². The minimum atomic E-state index is -0.286. The average molecular weight is 239 g/mol. The zero-order valence-corrected chi connectivity index (χ0v) is 12.6. The second kappa shape index (κ2) is 4.29. The monoisotopic (exact) mass is 239 g/mol. The van der Waals surface area contributed by atoms with Crippen molar-refractivity contribution in [1.82, 2.24) is 5.32 Å². The number of hydrogen-bond acceptors (Lipinski definition) is 1. The Hall–Kier alpha value is -0.530. The van der Waals surface area contributed by atoms with Crippen LogP contribution in [0, 0.1) is 16.2 Å². The first kappa shape index (κ1) is 14.5. The highest BCUT2D eigenvalue weighted by atomic mass is 16.2. The highest BCUT2D eigenvalue weighted by Crippen LogP contribution is 2.45. The molecule has 0 heterocycles. The third-order valence-electron chi connectivity index (χ3n) is 3.57. The van der Waals surface area contributed by atoms with Crippen molar-refractivity contribution < 1.29 is 4.79 Å². The average Bonchev–Trinajstić information content (AvgIpc) is 1.94. The highest BCUT2D eigenvalue weighted by Gasteiger charge is 2.39. The number of amides is 1. The molecule has 17 heavy (non-hydrogen) atoms. The van der Waals surface area contributed by atoms with Gasteiger partial charge in [0.25, 0.3) is 0 Å². The summed E-state index contributed by atoms with van der Waals surface area (Å²) in [7, 11) is 0. The van der Waals surface area contributed by atoms with E-state index in [0.717, 1.165) is 12.8 Å². The second-order valence-electron chi connectivity index (χ2n) is 8.33. The first-order valence-electron chi connectivity index (χ1n) is 6.72. The quantitative estimate of drug-likeness (QED) is 0.742. The molecule has 1 aliphatic carbocycles. The van der Waals surface area contributed by atoms with Crippen LogP contribution in [0.15, 0.2) is 0 Å². The van der Waals surface area contributed by atoms with Crippen LogP contribution in [0.2, 0.25) is 0 Å². The van der Waals surface area contributed by atoms with Crippen molar-refractivity contribution in [3.63, 3.8) is 0 Å². The number of carbonyl (C=O) groups is 1. The minimum absolute atomic E-state index is 0.177. The molecule has 2 heteroatoms. The number of carbonyl (C=O) groups excluding carboxylic acids is 1. The fourth-order valence-corrected chi connectivity index (χ4v) is 3.35. The van der Waals surface area contributed by atoms with Gasteiger partial charge in [-0.3, -0.25) is 4.79 Å². The Morgan fingerprint density at radius 1 is 1.06 bits per heavy atom. The Bertz CT molecular complexity index is 281. The van der Waals surface area contributed by atoms with Crippen LogP contribution in [0.5, 0.6) is 0 Å². The maximum absolute atomic E-state index is 12.0. The lowest BCUT2D eigenvalue weighted by Gasteiger charge is -2.45. The lowest BCUT2D eigenvalue weighted by molar-refractivity contribution is -0.130. The zero-order chi connectivity index (χ0) is 13.5. The molecule has 0 aromatic carbocycles. The molecule has 1 fully saturated rings. The van der Waals surface area contributed by atoms with Gasteiger partial charge in [0.05, 0.1) is 0 Å². The zero-order valence-electron chi connectivity index (χ0n) is 12.6. The fraction of sp³-hybridized carbons (Fsp3) is 0.933. The van der Waals surface area contributed by atoms with Gasteiger partial charge in [-0.15, -0.1) is 0 Å². The van der Waals surface area contributed by atoms with Crippen LogP contribution in [0.1, 0.15) is 67.7 Å². The number of rotatable bonds is 1. The molecular formula is C15H29NO. The van der Waals surface area contributed by atoms with E-state index in [9.17, 15) is 4.79 Å². The van der Waals surface area contributed by atoms with E-state index in [0.29, 0.717) is 16.9 Å². The minimum Gasteiger partial charge on any atom is -0.353 e. The summed E-state index contributed by atoms with van der Waals surface area (Å²) in [5, 5.41) is 3.23. The predicted octanol–water partition coefficient (Wildman–Crippen LogP) is 3.75. The first-order chi connectivity index (χ1) is 7.41. The summed E-state index contributed by atoms with van der Waals surface area (Å²) in [6, 6.07) is 0.334. The summed E-state index contributed by atoms with van der Waals surface area (Å²) >= 11 is 0. The van der Waals surface area contributed by atoms with Crippen LogP contribution in [-0.4, -0.2) is 11.9 Å². The lowest BCUT2D eigenvalue weighted by atomic mass is 9.63. The van der Waals surface area contributed by atoms with E-state index < -0.39 is 0 Å². The van der Waals surface area contributed by atoms with E-state index in [-0.39, 0.29) is 11.3 Å². The van der Waals surface area contributed by atoms with Gasteiger partial charge in [0, 0.05) is 11.5 Å². The lowest BCUT2D eigenvalue weighted by Crippen LogP contribution is -2.48. The maximum Gasteiger partial charge on any atom is 0.225 e. The van der Waals surface area contributed by atoms with Crippen LogP contribution in [0.25, 0.3) is 0 Å². The largest absolute Gasteiger partial charge is 0.353 e. The summed E-state index contributed by atoms with van der Waals surface area (Å²) in [5.74, 6) is 0.177. The van der Waals surface area contributed by atoms with E-state index >= 15 is 0 Å². The summed E-state index contributed by atoms with van der Waals surface area (Å²) in [6.45, 7) is 15.2. The van der Waals surface area contributed by atoms with E-state index in [2.05, 4.69) is 33.0 Å². The Kier molecular flexibility index (Phi) is 3.67. The molecule has 0 radical (unpaired) electrons. The first-order valence-corrected chi connectivity index (χ1v) is 6.72. The Labute approximate surface area is 107 Å². The summed E-state index contributed by atoms with van der Waals surface area (Å²) < 4.78 is 0. The Balaban J connectivity index is 2.70. The Morgan fingerprint density at radius 3 is 1.82 bits per heavy atom. The third kappa shape index (κ3) is 4.33. The normalized spacial score (nSPS) is 24.4. The van der Waals surface area contributed by atoms with Crippen LogP contribution >= 0.6 is 0 Å². The molecule has 100 valence electrons. The van der Waals surface area contributed by atoms with Crippen LogP contribution < -0.4 is 5.32 Å². The summed E-state index contributed by atoms with van der Waals surface area (Å²) in [6.07, 6.45) is 3.43. The van der Waals surface area contributed by atoms with Crippen molar-refractivity contribution in [2.75, 3.05) is 0 Å². The highest BCUT2D eigenvalue weighted by molar-refractivity contribution is 5.81. The van der Waals surface area contributed by atoms with Gasteiger partial charge in [-0.05, 0) is 30.1 Å². The van der Waals surface area contributed by atoms with Crippen molar-refractivity contribution in [3.8, 4) is 0 Å². The SMILES string of the molecule is CC1(C)CC(NC(=O)C(C)(C)C)CC(C)(C)C1. The van der Waals surface area contributed by atoms with Crippen molar-refractivity contribution in [2.45, 2.75) is 73.8 Å². The van der Waals surface area contributed by atoms with Gasteiger partial charge in [-0.25, -0.2) is 0 Å². The second-order valence-corrected chi connectivity index (χ2v) is 8.33. The number of nitrogens with one attached hydrogen (secondary N) is 1. The molecule has 2 nitrogen and oxygen atoms in total. The molecule has 0 spiro atoms. The molecule has 1 saturated carbocycles. The summed E-state index contributed by atoms with van der Waals surface area (Å²) in [4.78, 5) is 12.0. The molecule has 0 bridgehead atoms. The van der Waals surface area contributed by atoms with Crippen LogP contribution in [0.3, 0.4) is 0 Å². The van der Waals surface area contributed by atoms with Gasteiger partial charge < -0.3 is 5.32 Å². The van der Waals surface area contributed by atoms with Gasteiger partial charge in [0.2, 0.25) is 5.91 Å². The van der Waals surface area contributed by atoms with Crippen molar-refractivity contribution >= 4 is 5.91 Å². The molecule has 1 aliphatic rings. The third-order valence-corrected chi connectivity index (χ3v) is 3.57. The molecular weight excluding hydrogens is 210 g/mol. The van der Waals surface area contributed by atoms with Gasteiger partial charge in [0.1, 0.15) is 0 Å². The smallest absolute Gasteiger partial charge is 0.225 e. The van der Waals surface area contributed by atoms with E-state index in [1.54, 1.807) is 0 Å². The predicted molar refractivity (Wildman–Crippen MR) is 72.8 cm³/mol. The molecule has 1 N–H and O–H groups in total. The Morgan fingerprint density at radius 2 is 1.47 bits per heavy atom. The van der Waals surface area contributed by atoms with Crippen molar-refractivity contribution in [3.05, 3.63) is 0 Å². The molecule has 0 unspecified atom stereocenters. The topological polar surface area (TPSA) is 29.1 Å². The van der Waals surface area contributed by atoms with Crippen LogP contribution in [-0.2, 0) is 4.79 Å². The number of hydrogen-bond donors (Lipinski definition) is 1. The fourth-order valence-electron chi connectivity index (χ4n) is 3.35. The standard InChI is InChI=1S/C15H29NO/c1-13(2,3)12(17)16-11-8-14(4,5)10-15(6,7)9-11/h11H,8-10H2,1-7H3,(H,16,17). The molecule has 0 aromatic heterocycles. The van der Waals surface area contributed by atoms with Gasteiger partial charge >= 0.3 is 0 Å². The molecule has 1 rings (SSSR count). The van der Waals surface area contributed by atoms with Crippen molar-refractivity contribution in [2.24, 2.45) is 16.2 Å². The van der Waals surface area contributed by atoms with Crippen LogP contribution in [0.4, 0.5) is 0 Å². The maximum atomic E-state index is 12.0. The van der Waals surface area contributed by atoms with Gasteiger partial charge in [-0.1, -0.05) is 48.5 Å². The molecule has 0 aliphatic heterocycles. The van der Waals surface area contributed by atoms with E-state index in [1.807, 2.05) is 20.8 Å². The molecule has 0 aromatic rings. The van der Waals surface area contributed by atoms with Gasteiger partial charge in [0.15, 0.2) is 0 Å². The molecule has 0 atom stereocenters. The summed E-state index contributed by atoms with van der Waals surface area (Å²) in [5.41, 5.74) is 0.376.